The third-order valence-corrected chi connectivity index (χ3v) is 3.11. The molecular weight excluding hydrogens is 249 g/mol. The Hall–Kier alpha value is -0.820. The van der Waals surface area contributed by atoms with E-state index < -0.39 is 18.3 Å². The van der Waals surface area contributed by atoms with Crippen molar-refractivity contribution in [1.82, 2.24) is 10.2 Å². The highest BCUT2D eigenvalue weighted by Gasteiger charge is 2.33. The number of rotatable bonds is 4. The average molecular weight is 268 g/mol. The zero-order valence-electron chi connectivity index (χ0n) is 10.6. The molecule has 1 aliphatic rings. The third kappa shape index (κ3) is 4.81. The lowest BCUT2D eigenvalue weighted by atomic mass is 9.95. The Bertz CT molecular complexity index is 297. The van der Waals surface area contributed by atoms with Gasteiger partial charge in [-0.1, -0.05) is 0 Å². The second kappa shape index (κ2) is 5.88. The first kappa shape index (κ1) is 15.2. The zero-order chi connectivity index (χ0) is 13.8. The van der Waals surface area contributed by atoms with Crippen LogP contribution in [0.4, 0.5) is 13.2 Å². The normalized spacial score (nSPS) is 25.3. The van der Waals surface area contributed by atoms with E-state index in [4.69, 9.17) is 4.74 Å². The molecule has 7 heteroatoms. The van der Waals surface area contributed by atoms with Gasteiger partial charge in [0.2, 0.25) is 5.91 Å². The fraction of sp³-hybridized carbons (Fsp3) is 0.909. The molecule has 1 unspecified atom stereocenters. The summed E-state index contributed by atoms with van der Waals surface area (Å²) < 4.78 is 41.1. The monoisotopic (exact) mass is 268 g/mol. The number of amides is 1. The van der Waals surface area contributed by atoms with E-state index in [1.165, 1.54) is 0 Å². The van der Waals surface area contributed by atoms with Gasteiger partial charge in [0.1, 0.15) is 0 Å². The van der Waals surface area contributed by atoms with Crippen molar-refractivity contribution >= 4 is 5.91 Å². The highest BCUT2D eigenvalue weighted by Crippen LogP contribution is 2.23. The predicted octanol–water partition coefficient (Wildman–Crippen LogP) is 1.17. The predicted molar refractivity (Wildman–Crippen MR) is 60.2 cm³/mol. The summed E-state index contributed by atoms with van der Waals surface area (Å²) in [5, 5.41) is 2.11. The number of piperidine rings is 1. The maximum atomic E-state index is 11.9. The van der Waals surface area contributed by atoms with Crippen molar-refractivity contribution in [2.75, 3.05) is 33.3 Å². The number of carbonyl (C=O) groups is 1. The lowest BCUT2D eigenvalue weighted by Crippen LogP contribution is -2.52. The number of nitrogens with one attached hydrogen (secondary N) is 1. The Labute approximate surface area is 104 Å². The van der Waals surface area contributed by atoms with Crippen molar-refractivity contribution in [2.45, 2.75) is 31.5 Å². The first-order chi connectivity index (χ1) is 8.26. The molecule has 0 radical (unpaired) electrons. The van der Waals surface area contributed by atoms with Crippen molar-refractivity contribution in [1.29, 1.82) is 0 Å². The molecule has 0 aromatic carbocycles. The maximum Gasteiger partial charge on any atom is 0.401 e. The average Bonchev–Trinajstić information content (AvgIpc) is 2.27. The molecule has 1 aliphatic heterocycles. The topological polar surface area (TPSA) is 41.6 Å². The summed E-state index contributed by atoms with van der Waals surface area (Å²) in [5.74, 6) is -0.317. The molecule has 0 saturated carbocycles. The van der Waals surface area contributed by atoms with Crippen LogP contribution in [0, 0.1) is 0 Å². The van der Waals surface area contributed by atoms with Crippen LogP contribution >= 0.6 is 0 Å². The van der Waals surface area contributed by atoms with E-state index in [1.807, 2.05) is 6.92 Å². The minimum Gasteiger partial charge on any atom is -0.377 e. The smallest absolute Gasteiger partial charge is 0.377 e. The molecule has 1 atom stereocenters. The number of hydrogen-bond donors (Lipinski definition) is 1. The number of alkyl halides is 3. The summed E-state index contributed by atoms with van der Waals surface area (Å²) in [5.41, 5.74) is -0.391. The van der Waals surface area contributed by atoms with Crippen LogP contribution in [0.3, 0.4) is 0 Å². The first-order valence-electron chi connectivity index (χ1n) is 5.86. The van der Waals surface area contributed by atoms with Gasteiger partial charge in [-0.15, -0.1) is 0 Å². The number of halogens is 3. The van der Waals surface area contributed by atoms with Gasteiger partial charge in [-0.25, -0.2) is 0 Å². The Morgan fingerprint density at radius 3 is 2.72 bits per heavy atom. The molecule has 0 aromatic heterocycles. The minimum absolute atomic E-state index is 0.292. The third-order valence-electron chi connectivity index (χ3n) is 3.11. The largest absolute Gasteiger partial charge is 0.401 e. The van der Waals surface area contributed by atoms with Gasteiger partial charge in [0.25, 0.3) is 0 Å². The number of nitrogens with zero attached hydrogens (tertiary/aromatic N) is 1. The van der Waals surface area contributed by atoms with E-state index in [0.717, 1.165) is 12.8 Å². The number of ether oxygens (including phenoxy) is 1. The molecule has 1 heterocycles. The molecule has 0 bridgehead atoms. The summed E-state index contributed by atoms with van der Waals surface area (Å²) in [4.78, 5) is 13.3. The van der Waals surface area contributed by atoms with Crippen molar-refractivity contribution in [3.8, 4) is 0 Å². The van der Waals surface area contributed by atoms with Crippen LogP contribution in [0.2, 0.25) is 0 Å². The molecule has 18 heavy (non-hydrogen) atoms. The molecule has 1 rings (SSSR count). The number of hydrogen-bond acceptors (Lipinski definition) is 3. The van der Waals surface area contributed by atoms with Crippen LogP contribution in [0.25, 0.3) is 0 Å². The number of methoxy groups -OCH3 is 1. The van der Waals surface area contributed by atoms with E-state index in [1.54, 1.807) is 12.0 Å². The second-order valence-electron chi connectivity index (χ2n) is 4.79. The van der Waals surface area contributed by atoms with Crippen molar-refractivity contribution in [2.24, 2.45) is 0 Å². The van der Waals surface area contributed by atoms with E-state index >= 15 is 0 Å². The SMILES string of the molecule is COC1(C)CCCN(C(=O)CNCC(F)(F)F)C1. The summed E-state index contributed by atoms with van der Waals surface area (Å²) in [6.07, 6.45) is -2.64. The zero-order valence-corrected chi connectivity index (χ0v) is 10.6. The van der Waals surface area contributed by atoms with Crippen LogP contribution in [0.5, 0.6) is 0 Å². The van der Waals surface area contributed by atoms with Gasteiger partial charge in [-0.2, -0.15) is 13.2 Å². The first-order valence-corrected chi connectivity index (χ1v) is 5.86. The van der Waals surface area contributed by atoms with Crippen molar-refractivity contribution in [3.05, 3.63) is 0 Å². The molecule has 106 valence electrons. The molecular formula is C11H19F3N2O2. The van der Waals surface area contributed by atoms with Crippen LogP contribution < -0.4 is 5.32 Å². The minimum atomic E-state index is -4.29. The quantitative estimate of drug-likeness (QED) is 0.832. The molecule has 0 spiro atoms. The maximum absolute atomic E-state index is 11.9. The van der Waals surface area contributed by atoms with Gasteiger partial charge < -0.3 is 15.0 Å². The van der Waals surface area contributed by atoms with E-state index in [0.29, 0.717) is 13.1 Å². The van der Waals surface area contributed by atoms with Gasteiger partial charge >= 0.3 is 6.18 Å². The van der Waals surface area contributed by atoms with E-state index in [9.17, 15) is 18.0 Å². The van der Waals surface area contributed by atoms with Gasteiger partial charge in [-0.3, -0.25) is 4.79 Å². The summed E-state index contributed by atoms with van der Waals surface area (Å²) >= 11 is 0. The molecule has 4 nitrogen and oxygen atoms in total. The van der Waals surface area contributed by atoms with Crippen LogP contribution in [-0.2, 0) is 9.53 Å². The highest BCUT2D eigenvalue weighted by molar-refractivity contribution is 5.78. The Morgan fingerprint density at radius 2 is 2.17 bits per heavy atom. The van der Waals surface area contributed by atoms with Crippen molar-refractivity contribution < 1.29 is 22.7 Å². The number of carbonyl (C=O) groups excluding carboxylic acids is 1. The number of likely N-dealkylation sites (tertiary alicyclic amines) is 1. The van der Waals surface area contributed by atoms with Gasteiger partial charge in [0.15, 0.2) is 0 Å². The summed E-state index contributed by atoms with van der Waals surface area (Å²) in [6, 6.07) is 0. The van der Waals surface area contributed by atoms with Gasteiger partial charge in [-0.05, 0) is 19.8 Å². The van der Waals surface area contributed by atoms with E-state index in [2.05, 4.69) is 5.32 Å². The fourth-order valence-corrected chi connectivity index (χ4v) is 2.01. The Morgan fingerprint density at radius 1 is 1.50 bits per heavy atom. The lowest BCUT2D eigenvalue weighted by molar-refractivity contribution is -0.140. The van der Waals surface area contributed by atoms with Crippen molar-refractivity contribution in [3.63, 3.8) is 0 Å². The lowest BCUT2D eigenvalue weighted by Gasteiger charge is -2.39. The molecule has 0 aromatic rings. The van der Waals surface area contributed by atoms with Gasteiger partial charge in [0.05, 0.1) is 18.7 Å². The van der Waals surface area contributed by atoms with E-state index in [-0.39, 0.29) is 12.5 Å². The van der Waals surface area contributed by atoms with Crippen LogP contribution in [0.1, 0.15) is 19.8 Å². The van der Waals surface area contributed by atoms with Crippen LogP contribution in [0.15, 0.2) is 0 Å². The second-order valence-corrected chi connectivity index (χ2v) is 4.79. The standard InChI is InChI=1S/C11H19F3N2O2/c1-10(18-2)4-3-5-16(8-10)9(17)6-15-7-11(12,13)14/h15H,3-8H2,1-2H3. The Kier molecular flexibility index (Phi) is 4.98. The summed E-state index contributed by atoms with van der Waals surface area (Å²) in [7, 11) is 1.58. The molecule has 1 fully saturated rings. The highest BCUT2D eigenvalue weighted by atomic mass is 19.4. The summed E-state index contributed by atoms with van der Waals surface area (Å²) in [6.45, 7) is 1.46. The molecule has 1 saturated heterocycles. The molecule has 0 aliphatic carbocycles. The molecule has 1 N–H and O–H groups in total. The van der Waals surface area contributed by atoms with Crippen LogP contribution in [-0.4, -0.2) is 55.9 Å². The fourth-order valence-electron chi connectivity index (χ4n) is 2.01. The molecule has 1 amide bonds. The van der Waals surface area contributed by atoms with Gasteiger partial charge in [0, 0.05) is 20.2 Å². The Balaban J connectivity index is 2.38.